The molecule has 214 valence electrons. The van der Waals surface area contributed by atoms with E-state index in [1.807, 2.05) is 52.0 Å². The van der Waals surface area contributed by atoms with Crippen molar-refractivity contribution < 1.29 is 18.0 Å². The van der Waals surface area contributed by atoms with Crippen LogP contribution >= 0.6 is 23.2 Å². The highest BCUT2D eigenvalue weighted by Crippen LogP contribution is 2.28. The summed E-state index contributed by atoms with van der Waals surface area (Å²) in [6.45, 7) is 7.80. The lowest BCUT2D eigenvalue weighted by Gasteiger charge is -2.33. The second-order valence-electron chi connectivity index (χ2n) is 9.96. The Balaban J connectivity index is 2.06. The summed E-state index contributed by atoms with van der Waals surface area (Å²) in [4.78, 5) is 28.8. The first-order valence-corrected chi connectivity index (χ1v) is 15.3. The number of carbonyl (C=O) groups is 2. The normalized spacial score (nSPS) is 12.2. The largest absolute Gasteiger partial charge is 0.354 e. The van der Waals surface area contributed by atoms with Crippen molar-refractivity contribution in [3.8, 4) is 0 Å². The van der Waals surface area contributed by atoms with Crippen molar-refractivity contribution in [3.05, 3.63) is 94.0 Å². The number of rotatable bonds is 12. The molecule has 0 saturated carbocycles. The van der Waals surface area contributed by atoms with Crippen LogP contribution in [0.3, 0.4) is 0 Å². The standard InChI is InChI=1S/C30H35Cl2N3O4S/c1-5-28(30(37)33-18-21(2)3)34(19-23-10-7-6-9-22(23)4)29(36)20-35(26-12-8-11-25(32)17-26)40(38,39)27-15-13-24(31)14-16-27/h6-17,21,28H,5,18-20H2,1-4H3,(H,33,37). The monoisotopic (exact) mass is 603 g/mol. The minimum Gasteiger partial charge on any atom is -0.354 e. The summed E-state index contributed by atoms with van der Waals surface area (Å²) in [6.07, 6.45) is 0.350. The zero-order chi connectivity index (χ0) is 29.4. The number of hydrogen-bond acceptors (Lipinski definition) is 4. The van der Waals surface area contributed by atoms with Crippen molar-refractivity contribution in [2.24, 2.45) is 5.92 Å². The second-order valence-corrected chi connectivity index (χ2v) is 12.7. The average molecular weight is 605 g/mol. The van der Waals surface area contributed by atoms with Crippen LogP contribution in [0.4, 0.5) is 5.69 Å². The zero-order valence-corrected chi connectivity index (χ0v) is 25.4. The topological polar surface area (TPSA) is 86.8 Å². The van der Waals surface area contributed by atoms with Gasteiger partial charge in [-0.2, -0.15) is 0 Å². The van der Waals surface area contributed by atoms with Crippen LogP contribution in [0.15, 0.2) is 77.7 Å². The van der Waals surface area contributed by atoms with Crippen molar-refractivity contribution in [1.82, 2.24) is 10.2 Å². The highest BCUT2D eigenvalue weighted by molar-refractivity contribution is 7.92. The smallest absolute Gasteiger partial charge is 0.264 e. The minimum absolute atomic E-state index is 0.0307. The molecule has 0 radical (unpaired) electrons. The maximum atomic E-state index is 14.1. The molecule has 40 heavy (non-hydrogen) atoms. The van der Waals surface area contributed by atoms with Gasteiger partial charge in [-0.25, -0.2) is 8.42 Å². The molecule has 0 aliphatic rings. The Morgan fingerprint density at radius 3 is 2.20 bits per heavy atom. The van der Waals surface area contributed by atoms with Gasteiger partial charge >= 0.3 is 0 Å². The molecule has 0 saturated heterocycles. The maximum absolute atomic E-state index is 14.1. The van der Waals surface area contributed by atoms with Gasteiger partial charge < -0.3 is 10.2 Å². The van der Waals surface area contributed by atoms with E-state index in [2.05, 4.69) is 5.32 Å². The van der Waals surface area contributed by atoms with E-state index in [4.69, 9.17) is 23.2 Å². The summed E-state index contributed by atoms with van der Waals surface area (Å²) in [6, 6.07) is 18.8. The number of anilines is 1. The lowest BCUT2D eigenvalue weighted by Crippen LogP contribution is -2.52. The molecular formula is C30H35Cl2N3O4S. The fourth-order valence-corrected chi connectivity index (χ4v) is 5.92. The first kappa shape index (κ1) is 31.5. The van der Waals surface area contributed by atoms with E-state index in [9.17, 15) is 18.0 Å². The Kier molecular flexibility index (Phi) is 11.0. The molecule has 3 aromatic carbocycles. The van der Waals surface area contributed by atoms with Crippen molar-refractivity contribution in [2.45, 2.75) is 51.6 Å². The first-order valence-electron chi connectivity index (χ1n) is 13.1. The van der Waals surface area contributed by atoms with Gasteiger partial charge in [-0.05, 0) is 72.9 Å². The van der Waals surface area contributed by atoms with E-state index in [1.54, 1.807) is 18.2 Å². The van der Waals surface area contributed by atoms with Gasteiger partial charge in [0, 0.05) is 23.1 Å². The van der Waals surface area contributed by atoms with Gasteiger partial charge in [0.15, 0.2) is 0 Å². The summed E-state index contributed by atoms with van der Waals surface area (Å²) in [5.74, 6) is -0.579. The molecule has 0 aliphatic heterocycles. The van der Waals surface area contributed by atoms with Crippen molar-refractivity contribution >= 4 is 50.7 Å². The van der Waals surface area contributed by atoms with Gasteiger partial charge in [0.2, 0.25) is 11.8 Å². The molecule has 0 fully saturated rings. The predicted octanol–water partition coefficient (Wildman–Crippen LogP) is 6.08. The molecule has 0 heterocycles. The molecule has 0 aromatic heterocycles. The molecule has 1 N–H and O–H groups in total. The number of nitrogens with zero attached hydrogens (tertiary/aromatic N) is 2. The van der Waals surface area contributed by atoms with Crippen LogP contribution < -0.4 is 9.62 Å². The molecule has 0 aliphatic carbocycles. The summed E-state index contributed by atoms with van der Waals surface area (Å²) in [7, 11) is -4.20. The molecule has 7 nitrogen and oxygen atoms in total. The van der Waals surface area contributed by atoms with Crippen molar-refractivity contribution in [1.29, 1.82) is 0 Å². The Bertz CT molecular complexity index is 1430. The highest BCUT2D eigenvalue weighted by Gasteiger charge is 2.34. The lowest BCUT2D eigenvalue weighted by atomic mass is 10.1. The number of amides is 2. The van der Waals surface area contributed by atoms with Crippen molar-refractivity contribution in [3.63, 3.8) is 0 Å². The summed E-state index contributed by atoms with van der Waals surface area (Å²) in [5.41, 5.74) is 2.04. The van der Waals surface area contributed by atoms with Crippen LogP contribution in [0, 0.1) is 12.8 Å². The number of halogens is 2. The number of nitrogens with one attached hydrogen (secondary N) is 1. The number of carbonyl (C=O) groups excluding carboxylic acids is 2. The Labute approximate surface area is 247 Å². The van der Waals surface area contributed by atoms with Gasteiger partial charge in [0.1, 0.15) is 12.6 Å². The molecule has 3 aromatic rings. The quantitative estimate of drug-likeness (QED) is 0.272. The lowest BCUT2D eigenvalue weighted by molar-refractivity contribution is -0.140. The minimum atomic E-state index is -4.20. The SMILES string of the molecule is CCC(C(=O)NCC(C)C)N(Cc1ccccc1C)C(=O)CN(c1cccc(Cl)c1)S(=O)(=O)c1ccc(Cl)cc1. The molecule has 1 atom stereocenters. The number of sulfonamides is 1. The highest BCUT2D eigenvalue weighted by atomic mass is 35.5. The summed E-state index contributed by atoms with van der Waals surface area (Å²) >= 11 is 12.2. The maximum Gasteiger partial charge on any atom is 0.264 e. The number of hydrogen-bond donors (Lipinski definition) is 1. The van der Waals surface area contributed by atoms with E-state index in [0.29, 0.717) is 23.0 Å². The van der Waals surface area contributed by atoms with Crippen LogP contribution in [0.25, 0.3) is 0 Å². The van der Waals surface area contributed by atoms with Crippen LogP contribution in [0.1, 0.15) is 38.3 Å². The van der Waals surface area contributed by atoms with Crippen LogP contribution in [-0.2, 0) is 26.2 Å². The van der Waals surface area contributed by atoms with Gasteiger partial charge in [-0.3, -0.25) is 13.9 Å². The molecule has 0 spiro atoms. The third-order valence-electron chi connectivity index (χ3n) is 6.45. The number of benzene rings is 3. The first-order chi connectivity index (χ1) is 18.9. The Morgan fingerprint density at radius 2 is 1.60 bits per heavy atom. The second kappa shape index (κ2) is 14.0. The summed E-state index contributed by atoms with van der Waals surface area (Å²) < 4.78 is 28.8. The van der Waals surface area contributed by atoms with Crippen LogP contribution in [0.5, 0.6) is 0 Å². The van der Waals surface area contributed by atoms with Gasteiger partial charge in [0.25, 0.3) is 10.0 Å². The van der Waals surface area contributed by atoms with E-state index in [1.165, 1.54) is 35.2 Å². The third-order valence-corrected chi connectivity index (χ3v) is 8.72. The zero-order valence-electron chi connectivity index (χ0n) is 23.1. The third kappa shape index (κ3) is 7.99. The van der Waals surface area contributed by atoms with E-state index in [-0.39, 0.29) is 29.0 Å². The Hall–Kier alpha value is -3.07. The van der Waals surface area contributed by atoms with Gasteiger partial charge in [-0.15, -0.1) is 0 Å². The predicted molar refractivity (Wildman–Crippen MR) is 161 cm³/mol. The van der Waals surface area contributed by atoms with Crippen LogP contribution in [-0.4, -0.2) is 44.3 Å². The molecular weight excluding hydrogens is 569 g/mol. The molecule has 1 unspecified atom stereocenters. The fraction of sp³-hybridized carbons (Fsp3) is 0.333. The molecule has 10 heteroatoms. The number of aryl methyl sites for hydroxylation is 1. The average Bonchev–Trinajstić information content (AvgIpc) is 2.91. The molecule has 0 bridgehead atoms. The Morgan fingerprint density at radius 1 is 0.925 bits per heavy atom. The summed E-state index contributed by atoms with van der Waals surface area (Å²) in [5, 5.41) is 3.63. The molecule has 2 amide bonds. The fourth-order valence-electron chi connectivity index (χ4n) is 4.21. The van der Waals surface area contributed by atoms with Gasteiger partial charge in [0.05, 0.1) is 10.6 Å². The van der Waals surface area contributed by atoms with E-state index >= 15 is 0 Å². The van der Waals surface area contributed by atoms with E-state index in [0.717, 1.165) is 15.4 Å². The van der Waals surface area contributed by atoms with Crippen LogP contribution in [0.2, 0.25) is 10.0 Å². The van der Waals surface area contributed by atoms with Gasteiger partial charge in [-0.1, -0.05) is 74.3 Å². The van der Waals surface area contributed by atoms with Crippen molar-refractivity contribution in [2.75, 3.05) is 17.4 Å². The van der Waals surface area contributed by atoms with E-state index < -0.39 is 28.5 Å². The molecule has 3 rings (SSSR count).